The molecule has 0 saturated carbocycles. The number of nitrogens with zero attached hydrogens (tertiary/aromatic N) is 2. The van der Waals surface area contributed by atoms with E-state index in [0.29, 0.717) is 5.02 Å². The summed E-state index contributed by atoms with van der Waals surface area (Å²) in [5, 5.41) is 3.32. The molecular weight excluding hydrogens is 546 g/mol. The van der Waals surface area contributed by atoms with Crippen molar-refractivity contribution in [2.75, 3.05) is 10.8 Å². The summed E-state index contributed by atoms with van der Waals surface area (Å²) in [6.07, 6.45) is 0.737. The third-order valence-electron chi connectivity index (χ3n) is 6.93. The SMILES string of the molecule is CCC(C)NC(=O)C(C)N(Cc1cccc(C)c1)C(=O)CN(c1ccc(C)c(Cl)c1)S(=O)(=O)c1ccc(C)cc1. The number of rotatable bonds is 11. The van der Waals surface area contributed by atoms with Gasteiger partial charge in [-0.1, -0.05) is 72.1 Å². The van der Waals surface area contributed by atoms with E-state index in [1.54, 1.807) is 37.3 Å². The molecule has 3 rings (SSSR count). The maximum Gasteiger partial charge on any atom is 0.264 e. The second-order valence-corrected chi connectivity index (χ2v) is 12.5. The van der Waals surface area contributed by atoms with Crippen LogP contribution in [0.4, 0.5) is 5.69 Å². The first-order chi connectivity index (χ1) is 18.8. The molecule has 0 radical (unpaired) electrons. The molecule has 0 aliphatic rings. The lowest BCUT2D eigenvalue weighted by Crippen LogP contribution is -2.52. The van der Waals surface area contributed by atoms with Crippen LogP contribution in [0.1, 0.15) is 49.4 Å². The number of halogens is 1. The van der Waals surface area contributed by atoms with Crippen molar-refractivity contribution in [3.63, 3.8) is 0 Å². The second kappa shape index (κ2) is 13.3. The highest BCUT2D eigenvalue weighted by Crippen LogP contribution is 2.29. The summed E-state index contributed by atoms with van der Waals surface area (Å²) in [6.45, 7) is 10.8. The lowest BCUT2D eigenvalue weighted by Gasteiger charge is -2.32. The molecule has 214 valence electrons. The molecule has 40 heavy (non-hydrogen) atoms. The fourth-order valence-electron chi connectivity index (χ4n) is 4.16. The van der Waals surface area contributed by atoms with Gasteiger partial charge in [0.1, 0.15) is 12.6 Å². The molecule has 0 saturated heterocycles. The zero-order chi connectivity index (χ0) is 29.6. The number of aryl methyl sites for hydroxylation is 3. The van der Waals surface area contributed by atoms with E-state index < -0.39 is 28.5 Å². The van der Waals surface area contributed by atoms with Crippen LogP contribution in [0.5, 0.6) is 0 Å². The summed E-state index contributed by atoms with van der Waals surface area (Å²) in [6, 6.07) is 18.1. The minimum absolute atomic E-state index is 0.0513. The van der Waals surface area contributed by atoms with Gasteiger partial charge in [-0.3, -0.25) is 13.9 Å². The van der Waals surface area contributed by atoms with Gasteiger partial charge in [-0.2, -0.15) is 0 Å². The average Bonchev–Trinajstić information content (AvgIpc) is 2.91. The summed E-state index contributed by atoms with van der Waals surface area (Å²) in [5.74, 6) is -0.817. The highest BCUT2D eigenvalue weighted by Gasteiger charge is 2.33. The number of amides is 2. The van der Waals surface area contributed by atoms with Crippen molar-refractivity contribution >= 4 is 39.1 Å². The summed E-state index contributed by atoms with van der Waals surface area (Å²) in [4.78, 5) is 28.6. The second-order valence-electron chi connectivity index (χ2n) is 10.3. The normalized spacial score (nSPS) is 12.9. The monoisotopic (exact) mass is 583 g/mol. The largest absolute Gasteiger partial charge is 0.352 e. The molecule has 7 nitrogen and oxygen atoms in total. The first-order valence-electron chi connectivity index (χ1n) is 13.3. The number of benzene rings is 3. The maximum absolute atomic E-state index is 14.0. The number of sulfonamides is 1. The molecule has 2 unspecified atom stereocenters. The number of hydrogen-bond acceptors (Lipinski definition) is 4. The summed E-state index contributed by atoms with van der Waals surface area (Å²) in [7, 11) is -4.15. The molecular formula is C31H38ClN3O4S. The van der Waals surface area contributed by atoms with Gasteiger partial charge in [0, 0.05) is 17.6 Å². The Morgan fingerprint density at radius 1 is 0.925 bits per heavy atom. The van der Waals surface area contributed by atoms with Crippen molar-refractivity contribution in [1.82, 2.24) is 10.2 Å². The topological polar surface area (TPSA) is 86.8 Å². The Hall–Kier alpha value is -3.36. The van der Waals surface area contributed by atoms with Crippen molar-refractivity contribution in [1.29, 1.82) is 0 Å². The molecule has 2 amide bonds. The summed E-state index contributed by atoms with van der Waals surface area (Å²) < 4.78 is 28.9. The maximum atomic E-state index is 14.0. The van der Waals surface area contributed by atoms with Crippen LogP contribution in [0.25, 0.3) is 0 Å². The molecule has 3 aromatic rings. The molecule has 0 spiro atoms. The van der Waals surface area contributed by atoms with Crippen molar-refractivity contribution in [2.24, 2.45) is 0 Å². The zero-order valence-electron chi connectivity index (χ0n) is 23.9. The van der Waals surface area contributed by atoms with Crippen LogP contribution in [0.3, 0.4) is 0 Å². The first-order valence-corrected chi connectivity index (χ1v) is 15.2. The van der Waals surface area contributed by atoms with Crippen LogP contribution in [-0.2, 0) is 26.2 Å². The van der Waals surface area contributed by atoms with Crippen LogP contribution in [0.15, 0.2) is 71.6 Å². The van der Waals surface area contributed by atoms with Gasteiger partial charge < -0.3 is 10.2 Å². The minimum atomic E-state index is -4.15. The standard InChI is InChI=1S/C31H38ClN3O4S/c1-7-24(5)33-31(37)25(6)34(19-26-10-8-9-22(3)17-26)30(36)20-35(27-14-13-23(4)29(32)18-27)40(38,39)28-15-11-21(2)12-16-28/h8-18,24-25H,7,19-20H2,1-6H3,(H,33,37). The molecule has 0 aliphatic carbocycles. The molecule has 9 heteroatoms. The number of carbonyl (C=O) groups excluding carboxylic acids is 2. The van der Waals surface area contributed by atoms with Gasteiger partial charge in [-0.15, -0.1) is 0 Å². The van der Waals surface area contributed by atoms with Crippen LogP contribution in [-0.4, -0.2) is 43.8 Å². The van der Waals surface area contributed by atoms with E-state index in [0.717, 1.165) is 33.0 Å². The Balaban J connectivity index is 2.05. The smallest absolute Gasteiger partial charge is 0.264 e. The predicted octanol–water partition coefficient (Wildman–Crippen LogP) is 5.79. The predicted molar refractivity (Wildman–Crippen MR) is 161 cm³/mol. The fourth-order valence-corrected chi connectivity index (χ4v) is 5.74. The van der Waals surface area contributed by atoms with E-state index in [4.69, 9.17) is 11.6 Å². The van der Waals surface area contributed by atoms with E-state index in [1.165, 1.54) is 17.0 Å². The van der Waals surface area contributed by atoms with Gasteiger partial charge in [0.2, 0.25) is 11.8 Å². The van der Waals surface area contributed by atoms with Crippen molar-refractivity contribution in [3.8, 4) is 0 Å². The van der Waals surface area contributed by atoms with Crippen molar-refractivity contribution in [3.05, 3.63) is 94.0 Å². The van der Waals surface area contributed by atoms with Crippen LogP contribution < -0.4 is 9.62 Å². The average molecular weight is 584 g/mol. The zero-order valence-corrected chi connectivity index (χ0v) is 25.5. The lowest BCUT2D eigenvalue weighted by molar-refractivity contribution is -0.139. The number of hydrogen-bond donors (Lipinski definition) is 1. The van der Waals surface area contributed by atoms with Gasteiger partial charge in [0.05, 0.1) is 10.6 Å². The molecule has 0 bridgehead atoms. The van der Waals surface area contributed by atoms with Crippen LogP contribution >= 0.6 is 11.6 Å². The Labute approximate surface area is 243 Å². The molecule has 0 heterocycles. The Kier molecular flexibility index (Phi) is 10.4. The van der Waals surface area contributed by atoms with E-state index in [2.05, 4.69) is 5.32 Å². The Morgan fingerprint density at radius 3 is 2.20 bits per heavy atom. The molecule has 1 N–H and O–H groups in total. The first kappa shape index (κ1) is 31.2. The molecule has 0 fully saturated rings. The number of anilines is 1. The highest BCUT2D eigenvalue weighted by molar-refractivity contribution is 7.92. The van der Waals surface area contributed by atoms with Crippen molar-refractivity contribution in [2.45, 2.75) is 71.5 Å². The van der Waals surface area contributed by atoms with Gasteiger partial charge in [-0.05, 0) is 76.4 Å². The van der Waals surface area contributed by atoms with E-state index in [1.807, 2.05) is 58.9 Å². The van der Waals surface area contributed by atoms with E-state index in [9.17, 15) is 18.0 Å². The quantitative estimate of drug-likeness (QED) is 0.309. The summed E-state index contributed by atoms with van der Waals surface area (Å²) >= 11 is 6.38. The molecule has 2 atom stereocenters. The molecule has 3 aromatic carbocycles. The number of nitrogens with one attached hydrogen (secondary N) is 1. The Morgan fingerprint density at radius 2 is 1.60 bits per heavy atom. The fraction of sp³-hybridized carbons (Fsp3) is 0.355. The minimum Gasteiger partial charge on any atom is -0.352 e. The van der Waals surface area contributed by atoms with Crippen LogP contribution in [0, 0.1) is 20.8 Å². The lowest BCUT2D eigenvalue weighted by atomic mass is 10.1. The van der Waals surface area contributed by atoms with Crippen molar-refractivity contribution < 1.29 is 18.0 Å². The van der Waals surface area contributed by atoms with Gasteiger partial charge in [0.15, 0.2) is 0 Å². The van der Waals surface area contributed by atoms with E-state index >= 15 is 0 Å². The third-order valence-corrected chi connectivity index (χ3v) is 9.13. The van der Waals surface area contributed by atoms with Gasteiger partial charge in [0.25, 0.3) is 10.0 Å². The van der Waals surface area contributed by atoms with Gasteiger partial charge >= 0.3 is 0 Å². The number of carbonyl (C=O) groups is 2. The van der Waals surface area contributed by atoms with Gasteiger partial charge in [-0.25, -0.2) is 8.42 Å². The summed E-state index contributed by atoms with van der Waals surface area (Å²) in [5.41, 5.74) is 3.80. The van der Waals surface area contributed by atoms with E-state index in [-0.39, 0.29) is 29.1 Å². The Bertz CT molecular complexity index is 1460. The van der Waals surface area contributed by atoms with Crippen LogP contribution in [0.2, 0.25) is 5.02 Å². The molecule has 0 aromatic heterocycles. The molecule has 0 aliphatic heterocycles. The third kappa shape index (κ3) is 7.64. The highest BCUT2D eigenvalue weighted by atomic mass is 35.5.